The highest BCUT2D eigenvalue weighted by Gasteiger charge is 2.54. The summed E-state index contributed by atoms with van der Waals surface area (Å²) < 4.78 is 35.8. The molecule has 0 rings (SSSR count). The Balaban J connectivity index is 6.44. The van der Waals surface area contributed by atoms with E-state index in [2.05, 4.69) is 59.4 Å². The molecular weight excluding hydrogens is 463 g/mol. The van der Waals surface area contributed by atoms with Crippen molar-refractivity contribution < 1.29 is 32.0 Å². The predicted molar refractivity (Wildman–Crippen MR) is 134 cm³/mol. The lowest BCUT2D eigenvalue weighted by Crippen LogP contribution is -2.55. The zero-order valence-electron chi connectivity index (χ0n) is 22.6. The summed E-state index contributed by atoms with van der Waals surface area (Å²) in [5, 5.41) is -0.201. The van der Waals surface area contributed by atoms with Gasteiger partial charge in [0.25, 0.3) is 5.78 Å². The van der Waals surface area contributed by atoms with Gasteiger partial charge in [-0.2, -0.15) is 4.79 Å². The number of carbonyl (C=O) groups is 1. The molecule has 0 radical (unpaired) electrons. The van der Waals surface area contributed by atoms with Crippen LogP contribution >= 0.6 is 7.60 Å². The van der Waals surface area contributed by atoms with Gasteiger partial charge in [0, 0.05) is 26.2 Å². The van der Waals surface area contributed by atoms with Gasteiger partial charge in [0.2, 0.25) is 0 Å². The van der Waals surface area contributed by atoms with Gasteiger partial charge in [0.1, 0.15) is 6.10 Å². The Morgan fingerprint density at radius 3 is 1.62 bits per heavy atom. The fraction of sp³-hybridized carbons (Fsp3) is 0.905. The Morgan fingerprint density at radius 2 is 1.31 bits per heavy atom. The maximum absolute atomic E-state index is 13.6. The molecule has 0 aromatic rings. The van der Waals surface area contributed by atoms with Crippen LogP contribution in [0.15, 0.2) is 0 Å². The molecule has 188 valence electrons. The molecule has 0 unspecified atom stereocenters. The molecule has 0 bridgehead atoms. The molecule has 0 saturated carbocycles. The van der Waals surface area contributed by atoms with Crippen molar-refractivity contribution in [3.8, 4) is 0 Å². The van der Waals surface area contributed by atoms with E-state index < -0.39 is 47.0 Å². The van der Waals surface area contributed by atoms with E-state index in [1.54, 1.807) is 0 Å². The van der Waals surface area contributed by atoms with Gasteiger partial charge in [-0.3, -0.25) is 4.79 Å². The molecule has 0 aliphatic rings. The molecule has 0 N–H and O–H groups in total. The zero-order chi connectivity index (χ0) is 26.0. The van der Waals surface area contributed by atoms with E-state index in [0.29, 0.717) is 0 Å². The summed E-state index contributed by atoms with van der Waals surface area (Å²) in [6.45, 7) is 24.9. The van der Waals surface area contributed by atoms with Gasteiger partial charge < -0.3 is 23.4 Å². The summed E-state index contributed by atoms with van der Waals surface area (Å²) in [5.74, 6) is -0.729. The Bertz CT molecular complexity index is 770. The van der Waals surface area contributed by atoms with Gasteiger partial charge in [-0.15, -0.1) is 0 Å². The van der Waals surface area contributed by atoms with Crippen molar-refractivity contribution in [2.24, 2.45) is 5.41 Å². The molecule has 0 aromatic heterocycles. The summed E-state index contributed by atoms with van der Waals surface area (Å²) in [6.07, 6.45) is -1.07. The first-order valence-electron chi connectivity index (χ1n) is 10.8. The number of hydrogen-bond acceptors (Lipinski definition) is 6. The van der Waals surface area contributed by atoms with Gasteiger partial charge in [-0.25, -0.2) is 4.57 Å². The molecule has 32 heavy (non-hydrogen) atoms. The molecular formula is C21H45N2O6PSi2. The number of carbonyl (C=O) groups excluding carboxylic acids is 1. The van der Waals surface area contributed by atoms with Crippen molar-refractivity contribution in [1.82, 2.24) is 0 Å². The predicted octanol–water partition coefficient (Wildman–Crippen LogP) is 6.11. The van der Waals surface area contributed by atoms with E-state index in [4.69, 9.17) is 17.9 Å². The first-order chi connectivity index (χ1) is 14.0. The van der Waals surface area contributed by atoms with Gasteiger partial charge in [0.05, 0.1) is 0 Å². The second-order valence-electron chi connectivity index (χ2n) is 11.9. The van der Waals surface area contributed by atoms with Gasteiger partial charge in [-0.1, -0.05) is 55.4 Å². The second-order valence-corrected chi connectivity index (χ2v) is 23.7. The maximum atomic E-state index is 13.6. The quantitative estimate of drug-likeness (QED) is 0.110. The molecule has 0 amide bonds. The SMILES string of the molecule is COP(=O)(OC)C(=[N+]=[N-])C(=O)[C@H](O[Si](C)(C)C(C)(C)C)C(C)(C)CO[Si](C)(C)C(C)(C)C. The van der Waals surface area contributed by atoms with Crippen LogP contribution in [0.25, 0.3) is 5.53 Å². The van der Waals surface area contributed by atoms with Crippen LogP contribution in [0, 0.1) is 5.41 Å². The highest BCUT2D eigenvalue weighted by molar-refractivity contribution is 7.74. The van der Waals surface area contributed by atoms with E-state index in [1.807, 2.05) is 26.9 Å². The molecule has 0 saturated heterocycles. The maximum Gasteiger partial charge on any atom is 0.446 e. The van der Waals surface area contributed by atoms with Gasteiger partial charge >= 0.3 is 13.0 Å². The van der Waals surface area contributed by atoms with Crippen molar-refractivity contribution in [3.63, 3.8) is 0 Å². The molecule has 0 spiro atoms. The number of rotatable bonds is 11. The van der Waals surface area contributed by atoms with Crippen LogP contribution in [0.4, 0.5) is 0 Å². The van der Waals surface area contributed by atoms with Crippen molar-refractivity contribution in [3.05, 3.63) is 5.53 Å². The molecule has 0 heterocycles. The molecule has 8 nitrogen and oxygen atoms in total. The highest BCUT2D eigenvalue weighted by atomic mass is 31.2. The lowest BCUT2D eigenvalue weighted by Gasteiger charge is -2.44. The van der Waals surface area contributed by atoms with Crippen molar-refractivity contribution >= 4 is 35.5 Å². The monoisotopic (exact) mass is 508 g/mol. The third-order valence-corrected chi connectivity index (χ3v) is 17.5. The van der Waals surface area contributed by atoms with Crippen LogP contribution in [0.1, 0.15) is 55.4 Å². The number of nitrogens with zero attached hydrogens (tertiary/aromatic N) is 2. The lowest BCUT2D eigenvalue weighted by atomic mass is 9.85. The topological polar surface area (TPSA) is 107 Å². The lowest BCUT2D eigenvalue weighted by molar-refractivity contribution is -0.130. The van der Waals surface area contributed by atoms with Crippen molar-refractivity contribution in [2.75, 3.05) is 20.8 Å². The van der Waals surface area contributed by atoms with Crippen LogP contribution in [-0.4, -0.2) is 59.6 Å². The van der Waals surface area contributed by atoms with Gasteiger partial charge in [-0.05, 0) is 36.3 Å². The first-order valence-corrected chi connectivity index (χ1v) is 18.2. The van der Waals surface area contributed by atoms with Crippen molar-refractivity contribution in [2.45, 2.75) is 97.8 Å². The fourth-order valence-corrected chi connectivity index (χ4v) is 5.83. The molecule has 11 heteroatoms. The van der Waals surface area contributed by atoms with Crippen LogP contribution in [0.2, 0.25) is 36.3 Å². The summed E-state index contributed by atoms with van der Waals surface area (Å²) in [5.41, 5.74) is 8.11. The summed E-state index contributed by atoms with van der Waals surface area (Å²) >= 11 is 0. The minimum Gasteiger partial charge on any atom is -0.416 e. The normalized spacial score (nSPS) is 15.3. The summed E-state index contributed by atoms with van der Waals surface area (Å²) in [7, 11) is -6.41. The number of hydrogen-bond donors (Lipinski definition) is 0. The Hall–Kier alpha value is -0.446. The van der Waals surface area contributed by atoms with E-state index in [1.165, 1.54) is 0 Å². The average Bonchev–Trinajstić information content (AvgIpc) is 2.62. The third kappa shape index (κ3) is 7.27. The molecule has 0 aromatic carbocycles. The summed E-state index contributed by atoms with van der Waals surface area (Å²) in [4.78, 5) is 16.7. The first kappa shape index (κ1) is 31.6. The second kappa shape index (κ2) is 10.4. The number of Topliss-reactive ketones (excluding diaryl/α,β-unsaturated/α-hetero) is 1. The van der Waals surface area contributed by atoms with Crippen LogP contribution in [0.5, 0.6) is 0 Å². The van der Waals surface area contributed by atoms with E-state index in [-0.39, 0.29) is 16.7 Å². The minimum atomic E-state index is -4.10. The van der Waals surface area contributed by atoms with E-state index in [9.17, 15) is 14.9 Å². The molecule has 0 aliphatic carbocycles. The molecule has 0 aliphatic heterocycles. The average molecular weight is 509 g/mol. The van der Waals surface area contributed by atoms with E-state index >= 15 is 0 Å². The summed E-state index contributed by atoms with van der Waals surface area (Å²) in [6, 6.07) is 0. The number of ketones is 1. The van der Waals surface area contributed by atoms with Crippen LogP contribution < -0.4 is 0 Å². The zero-order valence-corrected chi connectivity index (χ0v) is 25.5. The Labute approximate surface area is 197 Å². The smallest absolute Gasteiger partial charge is 0.416 e. The molecule has 0 fully saturated rings. The Kier molecular flexibility index (Phi) is 10.3. The van der Waals surface area contributed by atoms with Crippen molar-refractivity contribution in [1.29, 1.82) is 0 Å². The highest BCUT2D eigenvalue weighted by Crippen LogP contribution is 2.49. The standard InChI is InChI=1S/C21H45N2O6PSi2/c1-19(2,3)31(11,12)28-15-21(7,8)17(29-32(13,14)20(4,5)6)16(24)18(23-22)30(25,26-9)27-10/h17H,15H2,1-14H3/t17-/m0/s1. The third-order valence-electron chi connectivity index (χ3n) is 6.83. The van der Waals surface area contributed by atoms with Crippen LogP contribution in [-0.2, 0) is 27.3 Å². The van der Waals surface area contributed by atoms with E-state index in [0.717, 1.165) is 14.2 Å². The largest absolute Gasteiger partial charge is 0.446 e. The fourth-order valence-electron chi connectivity index (χ4n) is 2.30. The molecule has 1 atom stereocenters. The minimum absolute atomic E-state index is 0.0115. The van der Waals surface area contributed by atoms with Crippen LogP contribution in [0.3, 0.4) is 0 Å². The van der Waals surface area contributed by atoms with Gasteiger partial charge in [0.15, 0.2) is 16.6 Å². The Morgan fingerprint density at radius 1 is 0.906 bits per heavy atom.